The summed E-state index contributed by atoms with van der Waals surface area (Å²) in [6.45, 7) is 4.46. The average Bonchev–Trinajstić information content (AvgIpc) is 3.07. The highest BCUT2D eigenvalue weighted by atomic mass is 32.2. The van der Waals surface area contributed by atoms with E-state index in [0.29, 0.717) is 38.2 Å². The Balaban J connectivity index is 1.13. The average molecular weight is 436 g/mol. The maximum atomic E-state index is 12.7. The molecule has 3 heterocycles. The molecular formula is C22H33N3O4S. The number of aromatic nitrogens is 1. The molecule has 2 saturated carbocycles. The summed E-state index contributed by atoms with van der Waals surface area (Å²) in [5, 5.41) is 0. The van der Waals surface area contributed by atoms with Gasteiger partial charge in [-0.25, -0.2) is 18.1 Å². The first-order valence-corrected chi connectivity index (χ1v) is 13.0. The molecule has 0 radical (unpaired) electrons. The number of sulfonamides is 1. The van der Waals surface area contributed by atoms with Crippen LogP contribution in [0.15, 0.2) is 23.2 Å². The van der Waals surface area contributed by atoms with Crippen molar-refractivity contribution in [2.45, 2.75) is 49.5 Å². The van der Waals surface area contributed by atoms with Crippen molar-refractivity contribution in [1.82, 2.24) is 9.71 Å². The summed E-state index contributed by atoms with van der Waals surface area (Å²) in [7, 11) is -3.49. The third-order valence-corrected chi connectivity index (χ3v) is 9.08. The molecule has 7 nitrogen and oxygen atoms in total. The number of nitrogens with one attached hydrogen (secondary N) is 1. The Labute approximate surface area is 179 Å². The molecule has 1 aromatic heterocycles. The van der Waals surface area contributed by atoms with Crippen molar-refractivity contribution in [3.8, 4) is 0 Å². The van der Waals surface area contributed by atoms with E-state index in [2.05, 4.69) is 14.6 Å². The molecule has 4 aliphatic rings. The lowest BCUT2D eigenvalue weighted by molar-refractivity contribution is -0.114. The van der Waals surface area contributed by atoms with Crippen LogP contribution in [0.4, 0.5) is 5.82 Å². The van der Waals surface area contributed by atoms with Gasteiger partial charge in [0, 0.05) is 25.8 Å². The van der Waals surface area contributed by atoms with Gasteiger partial charge in [-0.3, -0.25) is 0 Å². The second kappa shape index (κ2) is 8.73. The molecule has 2 unspecified atom stereocenters. The van der Waals surface area contributed by atoms with Gasteiger partial charge in [-0.1, -0.05) is 0 Å². The Kier molecular flexibility index (Phi) is 6.01. The molecule has 8 heteroatoms. The lowest BCUT2D eigenvalue weighted by Crippen LogP contribution is -2.42. The van der Waals surface area contributed by atoms with Gasteiger partial charge in [-0.05, 0) is 74.3 Å². The maximum Gasteiger partial charge on any atom is 0.242 e. The molecule has 4 fully saturated rings. The fourth-order valence-electron chi connectivity index (χ4n) is 5.69. The van der Waals surface area contributed by atoms with Gasteiger partial charge in [-0.2, -0.15) is 0 Å². The number of hydrogen-bond donors (Lipinski definition) is 1. The molecule has 4 atom stereocenters. The first-order chi connectivity index (χ1) is 14.6. The van der Waals surface area contributed by atoms with E-state index in [1.54, 1.807) is 6.07 Å². The van der Waals surface area contributed by atoms with Crippen molar-refractivity contribution in [2.24, 2.45) is 23.7 Å². The lowest BCUT2D eigenvalue weighted by Gasteiger charge is -2.37. The maximum absolute atomic E-state index is 12.7. The fourth-order valence-corrected chi connectivity index (χ4v) is 6.75. The van der Waals surface area contributed by atoms with Crippen molar-refractivity contribution in [3.05, 3.63) is 18.3 Å². The summed E-state index contributed by atoms with van der Waals surface area (Å²) in [5.74, 6) is 3.56. The number of hydrogen-bond acceptors (Lipinski definition) is 6. The van der Waals surface area contributed by atoms with E-state index in [-0.39, 0.29) is 11.0 Å². The topological polar surface area (TPSA) is 80.8 Å². The first-order valence-electron chi connectivity index (χ1n) is 11.5. The van der Waals surface area contributed by atoms with E-state index in [4.69, 9.17) is 9.47 Å². The highest BCUT2D eigenvalue weighted by molar-refractivity contribution is 7.89. The smallest absolute Gasteiger partial charge is 0.242 e. The molecule has 2 aliphatic carbocycles. The van der Waals surface area contributed by atoms with Crippen LogP contribution in [-0.4, -0.2) is 59.0 Å². The van der Waals surface area contributed by atoms with E-state index in [1.807, 2.05) is 6.07 Å². The molecule has 0 spiro atoms. The quantitative estimate of drug-likeness (QED) is 0.739. The third kappa shape index (κ3) is 4.38. The number of fused-ring (bicyclic) bond motifs is 1. The van der Waals surface area contributed by atoms with Crippen LogP contribution < -0.4 is 9.62 Å². The molecule has 1 aromatic rings. The van der Waals surface area contributed by atoms with Crippen molar-refractivity contribution in [1.29, 1.82) is 0 Å². The number of piperidine rings is 1. The molecule has 0 aromatic carbocycles. The summed E-state index contributed by atoms with van der Waals surface area (Å²) >= 11 is 0. The predicted molar refractivity (Wildman–Crippen MR) is 114 cm³/mol. The van der Waals surface area contributed by atoms with Crippen molar-refractivity contribution < 1.29 is 17.9 Å². The van der Waals surface area contributed by atoms with Gasteiger partial charge in [0.05, 0.1) is 25.9 Å². The van der Waals surface area contributed by atoms with Crippen molar-refractivity contribution in [3.63, 3.8) is 0 Å². The SMILES string of the molecule is O=S(=O)(NCC1C[C@H]2CC[C@H]2C1)c1ccc(N2CCC(C3COCCO3)CC2)nc1. The van der Waals surface area contributed by atoms with Crippen LogP contribution in [0.5, 0.6) is 0 Å². The molecule has 5 rings (SSSR count). The van der Waals surface area contributed by atoms with Crippen LogP contribution >= 0.6 is 0 Å². The number of nitrogens with zero attached hydrogens (tertiary/aromatic N) is 2. The van der Waals surface area contributed by atoms with E-state index in [0.717, 1.165) is 43.6 Å². The van der Waals surface area contributed by atoms with E-state index < -0.39 is 10.0 Å². The number of ether oxygens (including phenoxy) is 2. The van der Waals surface area contributed by atoms with Crippen molar-refractivity contribution >= 4 is 15.8 Å². The molecule has 1 N–H and O–H groups in total. The summed E-state index contributed by atoms with van der Waals surface area (Å²) < 4.78 is 39.6. The van der Waals surface area contributed by atoms with Crippen LogP contribution in [-0.2, 0) is 19.5 Å². The van der Waals surface area contributed by atoms with Crippen LogP contribution in [0.25, 0.3) is 0 Å². The Hall–Kier alpha value is -1.22. The second-order valence-electron chi connectivity index (χ2n) is 9.45. The second-order valence-corrected chi connectivity index (χ2v) is 11.2. The highest BCUT2D eigenvalue weighted by Crippen LogP contribution is 2.49. The van der Waals surface area contributed by atoms with Crippen LogP contribution in [0.1, 0.15) is 38.5 Å². The molecule has 2 saturated heterocycles. The molecule has 0 amide bonds. The Morgan fingerprint density at radius 2 is 1.80 bits per heavy atom. The van der Waals surface area contributed by atoms with Crippen LogP contribution in [0.2, 0.25) is 0 Å². The fraction of sp³-hybridized carbons (Fsp3) is 0.773. The summed E-state index contributed by atoms with van der Waals surface area (Å²) in [6.07, 6.45) is 8.82. The minimum absolute atomic E-state index is 0.211. The number of pyridine rings is 1. The van der Waals surface area contributed by atoms with Gasteiger partial charge in [0.25, 0.3) is 0 Å². The van der Waals surface area contributed by atoms with Gasteiger partial charge in [0.2, 0.25) is 10.0 Å². The summed E-state index contributed by atoms with van der Waals surface area (Å²) in [5.41, 5.74) is 0. The molecule has 30 heavy (non-hydrogen) atoms. The Morgan fingerprint density at radius 3 is 2.40 bits per heavy atom. The van der Waals surface area contributed by atoms with Crippen LogP contribution in [0, 0.1) is 23.7 Å². The Bertz CT molecular complexity index is 805. The third-order valence-electron chi connectivity index (χ3n) is 7.67. The van der Waals surface area contributed by atoms with Gasteiger partial charge < -0.3 is 14.4 Å². The molecule has 166 valence electrons. The standard InChI is InChI=1S/C22H33N3O4S/c26-30(27,24-13-16-11-18-1-2-19(18)12-16)20-3-4-22(23-14-20)25-7-5-17(6-8-25)21-15-28-9-10-29-21/h3-4,14,16-19,21,24H,1-2,5-13,15H2/t16?,18-,19+,21?. The zero-order valence-corrected chi connectivity index (χ0v) is 18.4. The zero-order valence-electron chi connectivity index (χ0n) is 17.5. The van der Waals surface area contributed by atoms with E-state index in [1.165, 1.54) is 31.9 Å². The predicted octanol–water partition coefficient (Wildman–Crippen LogP) is 2.43. The summed E-state index contributed by atoms with van der Waals surface area (Å²) in [6, 6.07) is 3.53. The minimum Gasteiger partial charge on any atom is -0.376 e. The largest absolute Gasteiger partial charge is 0.376 e. The normalized spacial score (nSPS) is 32.6. The minimum atomic E-state index is -3.49. The first kappa shape index (κ1) is 20.7. The molecule has 0 bridgehead atoms. The van der Waals surface area contributed by atoms with Gasteiger partial charge in [0.15, 0.2) is 0 Å². The number of anilines is 1. The highest BCUT2D eigenvalue weighted by Gasteiger charge is 2.40. The Morgan fingerprint density at radius 1 is 1.03 bits per heavy atom. The lowest BCUT2D eigenvalue weighted by atomic mass is 9.77. The van der Waals surface area contributed by atoms with Crippen LogP contribution in [0.3, 0.4) is 0 Å². The van der Waals surface area contributed by atoms with E-state index >= 15 is 0 Å². The number of rotatable bonds is 6. The van der Waals surface area contributed by atoms with Crippen molar-refractivity contribution in [2.75, 3.05) is 44.4 Å². The van der Waals surface area contributed by atoms with Gasteiger partial charge in [0.1, 0.15) is 10.7 Å². The van der Waals surface area contributed by atoms with Gasteiger partial charge in [-0.15, -0.1) is 0 Å². The monoisotopic (exact) mass is 435 g/mol. The summed E-state index contributed by atoms with van der Waals surface area (Å²) in [4.78, 5) is 6.96. The molecule has 2 aliphatic heterocycles. The van der Waals surface area contributed by atoms with E-state index in [9.17, 15) is 8.42 Å². The van der Waals surface area contributed by atoms with Gasteiger partial charge >= 0.3 is 0 Å². The zero-order chi connectivity index (χ0) is 20.6. The molecular weight excluding hydrogens is 402 g/mol.